The molecular weight excluding hydrogens is 193 g/mol. The van der Waals surface area contributed by atoms with Gasteiger partial charge in [0, 0.05) is 6.07 Å². The van der Waals surface area contributed by atoms with Crippen LogP contribution >= 0.6 is 0 Å². The molecule has 1 aromatic rings. The third kappa shape index (κ3) is 2.36. The Morgan fingerprint density at radius 2 is 1.79 bits per heavy atom. The summed E-state index contributed by atoms with van der Waals surface area (Å²) in [4.78, 5) is 9.87. The van der Waals surface area contributed by atoms with Crippen molar-refractivity contribution in [3.63, 3.8) is 0 Å². The van der Waals surface area contributed by atoms with Gasteiger partial charge in [-0.1, -0.05) is 11.8 Å². The summed E-state index contributed by atoms with van der Waals surface area (Å²) in [6.45, 7) is 0. The van der Waals surface area contributed by atoms with Gasteiger partial charge in [0.05, 0.1) is 12.0 Å². The molecule has 0 spiro atoms. The Morgan fingerprint density at radius 1 is 1.14 bits per heavy atom. The van der Waals surface area contributed by atoms with Crippen LogP contribution in [0.1, 0.15) is 12.0 Å². The van der Waals surface area contributed by atoms with Gasteiger partial charge >= 0.3 is 0 Å². The number of hydrogen-bond acceptors (Lipinski definition) is 1. The lowest BCUT2D eigenvalue weighted by molar-refractivity contribution is -0.107. The summed E-state index contributed by atoms with van der Waals surface area (Å²) in [5.74, 6) is 1.14. The Kier molecular flexibility index (Phi) is 3.29. The molecule has 0 saturated heterocycles. The molecule has 4 heteroatoms. The van der Waals surface area contributed by atoms with Crippen molar-refractivity contribution < 1.29 is 18.0 Å². The molecule has 0 aromatic heterocycles. The molecule has 0 N–H and O–H groups in total. The van der Waals surface area contributed by atoms with Gasteiger partial charge in [0.1, 0.15) is 12.1 Å². The second kappa shape index (κ2) is 4.47. The highest BCUT2D eigenvalue weighted by Crippen LogP contribution is 2.12. The maximum absolute atomic E-state index is 12.9. The SMILES string of the molecule is O=CCC#Cc1cc(F)c(F)cc1F. The van der Waals surface area contributed by atoms with Crippen molar-refractivity contribution in [3.05, 3.63) is 35.1 Å². The molecule has 1 nitrogen and oxygen atoms in total. The Labute approximate surface area is 78.5 Å². The second-order valence-corrected chi connectivity index (χ2v) is 2.42. The molecule has 0 unspecified atom stereocenters. The number of halogens is 3. The van der Waals surface area contributed by atoms with Crippen molar-refractivity contribution in [2.24, 2.45) is 0 Å². The Morgan fingerprint density at radius 3 is 2.43 bits per heavy atom. The molecule has 72 valence electrons. The summed E-state index contributed by atoms with van der Waals surface area (Å²) in [6.07, 6.45) is 0.462. The van der Waals surface area contributed by atoms with Gasteiger partial charge in [-0.15, -0.1) is 0 Å². The number of carbonyl (C=O) groups is 1. The molecule has 0 bridgehead atoms. The minimum atomic E-state index is -1.26. The molecule has 0 amide bonds. The van der Waals surface area contributed by atoms with E-state index < -0.39 is 17.5 Å². The number of hydrogen-bond donors (Lipinski definition) is 0. The van der Waals surface area contributed by atoms with Crippen LogP contribution in [-0.4, -0.2) is 6.29 Å². The van der Waals surface area contributed by atoms with Gasteiger partial charge < -0.3 is 4.79 Å². The van der Waals surface area contributed by atoms with Crippen molar-refractivity contribution >= 4 is 6.29 Å². The predicted molar refractivity (Wildman–Crippen MR) is 43.9 cm³/mol. The molecule has 0 aliphatic heterocycles. The predicted octanol–water partition coefficient (Wildman–Crippen LogP) is 2.04. The minimum Gasteiger partial charge on any atom is -0.302 e. The molecule has 0 aliphatic rings. The maximum Gasteiger partial charge on any atom is 0.161 e. The van der Waals surface area contributed by atoms with E-state index in [1.165, 1.54) is 0 Å². The standard InChI is InChI=1S/C10H5F3O/c11-8-6-10(13)9(12)5-7(8)3-1-2-4-14/h4-6H,2H2. The van der Waals surface area contributed by atoms with Crippen molar-refractivity contribution in [2.75, 3.05) is 0 Å². The summed E-state index contributed by atoms with van der Waals surface area (Å²) in [6, 6.07) is 1.07. The lowest BCUT2D eigenvalue weighted by Crippen LogP contribution is -1.90. The fraction of sp³-hybridized carbons (Fsp3) is 0.100. The van der Waals surface area contributed by atoms with Gasteiger partial charge in [0.15, 0.2) is 11.6 Å². The van der Waals surface area contributed by atoms with Crippen LogP contribution in [0.5, 0.6) is 0 Å². The lowest BCUT2D eigenvalue weighted by Gasteiger charge is -1.95. The van der Waals surface area contributed by atoms with Crippen LogP contribution in [0.15, 0.2) is 12.1 Å². The van der Waals surface area contributed by atoms with Gasteiger partial charge in [-0.25, -0.2) is 13.2 Å². The average Bonchev–Trinajstić information content (AvgIpc) is 2.14. The zero-order valence-corrected chi connectivity index (χ0v) is 6.98. The van der Waals surface area contributed by atoms with Crippen LogP contribution in [0.2, 0.25) is 0 Å². The fourth-order valence-electron chi connectivity index (χ4n) is 0.806. The average molecular weight is 198 g/mol. The third-order valence-corrected chi connectivity index (χ3v) is 1.42. The molecule has 0 heterocycles. The van der Waals surface area contributed by atoms with Gasteiger partial charge in [0.25, 0.3) is 0 Å². The van der Waals surface area contributed by atoms with Crippen molar-refractivity contribution in [1.82, 2.24) is 0 Å². The van der Waals surface area contributed by atoms with Gasteiger partial charge in [-0.2, -0.15) is 0 Å². The van der Waals surface area contributed by atoms with E-state index in [1.54, 1.807) is 0 Å². The first-order valence-electron chi connectivity index (χ1n) is 3.72. The number of aldehydes is 1. The van der Waals surface area contributed by atoms with Crippen molar-refractivity contribution in [3.8, 4) is 11.8 Å². The zero-order valence-electron chi connectivity index (χ0n) is 6.98. The smallest absolute Gasteiger partial charge is 0.161 e. The first kappa shape index (κ1) is 10.3. The van der Waals surface area contributed by atoms with Gasteiger partial charge in [-0.05, 0) is 6.07 Å². The summed E-state index contributed by atoms with van der Waals surface area (Å²) >= 11 is 0. The van der Waals surface area contributed by atoms with E-state index in [2.05, 4.69) is 11.8 Å². The molecule has 0 radical (unpaired) electrons. The monoisotopic (exact) mass is 198 g/mol. The normalized spacial score (nSPS) is 9.07. The quantitative estimate of drug-likeness (QED) is 0.383. The summed E-state index contributed by atoms with van der Waals surface area (Å²) in [5, 5.41) is 0. The molecule has 0 aliphatic carbocycles. The summed E-state index contributed by atoms with van der Waals surface area (Å²) in [5.41, 5.74) is -0.259. The molecule has 0 atom stereocenters. The second-order valence-electron chi connectivity index (χ2n) is 2.42. The van der Waals surface area contributed by atoms with Crippen LogP contribution in [0.25, 0.3) is 0 Å². The first-order valence-corrected chi connectivity index (χ1v) is 3.72. The highest BCUT2D eigenvalue weighted by Gasteiger charge is 2.07. The fourth-order valence-corrected chi connectivity index (χ4v) is 0.806. The highest BCUT2D eigenvalue weighted by molar-refractivity contribution is 5.55. The number of rotatable bonds is 1. The van der Waals surface area contributed by atoms with Crippen LogP contribution in [-0.2, 0) is 4.79 Å². The molecule has 14 heavy (non-hydrogen) atoms. The molecule has 0 saturated carbocycles. The van der Waals surface area contributed by atoms with E-state index in [0.29, 0.717) is 18.4 Å². The zero-order chi connectivity index (χ0) is 10.6. The van der Waals surface area contributed by atoms with Crippen LogP contribution in [0.3, 0.4) is 0 Å². The molecule has 0 fully saturated rings. The number of carbonyl (C=O) groups excluding carboxylic acids is 1. The lowest BCUT2D eigenvalue weighted by atomic mass is 10.2. The first-order chi connectivity index (χ1) is 6.65. The molecule has 1 aromatic carbocycles. The maximum atomic E-state index is 12.9. The van der Waals surface area contributed by atoms with Crippen LogP contribution in [0.4, 0.5) is 13.2 Å². The van der Waals surface area contributed by atoms with E-state index in [1.807, 2.05) is 0 Å². The van der Waals surface area contributed by atoms with E-state index in [4.69, 9.17) is 0 Å². The van der Waals surface area contributed by atoms with Crippen molar-refractivity contribution in [2.45, 2.75) is 6.42 Å². The highest BCUT2D eigenvalue weighted by atomic mass is 19.2. The van der Waals surface area contributed by atoms with E-state index in [9.17, 15) is 18.0 Å². The largest absolute Gasteiger partial charge is 0.302 e. The third-order valence-electron chi connectivity index (χ3n) is 1.42. The molecule has 1 rings (SSSR count). The van der Waals surface area contributed by atoms with E-state index in [-0.39, 0.29) is 12.0 Å². The van der Waals surface area contributed by atoms with Gasteiger partial charge in [-0.3, -0.25) is 0 Å². The molecular formula is C10H5F3O. The minimum absolute atomic E-state index is 0.0710. The van der Waals surface area contributed by atoms with E-state index in [0.717, 1.165) is 0 Å². The van der Waals surface area contributed by atoms with Crippen LogP contribution < -0.4 is 0 Å². The summed E-state index contributed by atoms with van der Waals surface area (Å²) < 4.78 is 37.9. The Bertz CT molecular complexity index is 415. The topological polar surface area (TPSA) is 17.1 Å². The Balaban J connectivity index is 3.05. The van der Waals surface area contributed by atoms with Crippen molar-refractivity contribution in [1.29, 1.82) is 0 Å². The van der Waals surface area contributed by atoms with Crippen LogP contribution in [0, 0.1) is 29.3 Å². The summed E-state index contributed by atoms with van der Waals surface area (Å²) in [7, 11) is 0. The van der Waals surface area contributed by atoms with E-state index >= 15 is 0 Å². The number of benzene rings is 1. The van der Waals surface area contributed by atoms with Gasteiger partial charge in [0.2, 0.25) is 0 Å². The Hall–Kier alpha value is -1.76.